The number of aliphatic hydroxyl groups is 1. The van der Waals surface area contributed by atoms with Gasteiger partial charge in [0.1, 0.15) is 35.9 Å². The zero-order chi connectivity index (χ0) is 40.2. The van der Waals surface area contributed by atoms with Crippen LogP contribution in [-0.4, -0.2) is 62.4 Å². The summed E-state index contributed by atoms with van der Waals surface area (Å²) in [5.74, 6) is -2.77. The number of aliphatic hydroxyl groups excluding tert-OH is 1. The molecule has 4 N–H and O–H groups in total. The molecule has 0 spiro atoms. The fourth-order valence-electron chi connectivity index (χ4n) is 6.52. The topological polar surface area (TPSA) is 207 Å². The van der Waals surface area contributed by atoms with Crippen molar-refractivity contribution in [3.05, 3.63) is 71.4 Å². The molecule has 14 nitrogen and oxygen atoms in total. The first-order valence-electron chi connectivity index (χ1n) is 19.7. The molecule has 1 saturated heterocycles. The minimum absolute atomic E-state index is 0.0293. The summed E-state index contributed by atoms with van der Waals surface area (Å²) in [5.41, 5.74) is 7.15. The lowest BCUT2D eigenvalue weighted by atomic mass is 10.1. The number of phosphoric ester groups is 1. The summed E-state index contributed by atoms with van der Waals surface area (Å²) in [7, 11) is -5.01. The maximum absolute atomic E-state index is 14.1. The molecule has 5 atom stereocenters. The van der Waals surface area contributed by atoms with Gasteiger partial charge in [-0.15, -0.1) is 0 Å². The monoisotopic (exact) mass is 798 g/mol. The van der Waals surface area contributed by atoms with Gasteiger partial charge in [-0.1, -0.05) is 76.9 Å². The summed E-state index contributed by atoms with van der Waals surface area (Å²) < 4.78 is 56.7. The second kappa shape index (κ2) is 23.5. The third-order valence-corrected chi connectivity index (χ3v) is 10.5. The van der Waals surface area contributed by atoms with Crippen molar-refractivity contribution in [2.75, 3.05) is 25.6 Å². The molecule has 16 heteroatoms. The number of nitriles is 2. The Labute approximate surface area is 329 Å². The third-order valence-electron chi connectivity index (χ3n) is 9.48. The molecule has 2 aromatic heterocycles. The van der Waals surface area contributed by atoms with Crippen LogP contribution in [0.5, 0.6) is 0 Å². The fraction of sp³-hybridized carbons (Fsp3) is 0.600. The van der Waals surface area contributed by atoms with Crippen molar-refractivity contribution in [3.63, 3.8) is 0 Å². The Morgan fingerprint density at radius 3 is 2.45 bits per heavy atom. The number of ether oxygens (including phenoxy) is 3. The van der Waals surface area contributed by atoms with E-state index >= 15 is 0 Å². The van der Waals surface area contributed by atoms with Crippen LogP contribution in [0, 0.1) is 28.5 Å². The molecule has 0 bridgehead atoms. The van der Waals surface area contributed by atoms with Gasteiger partial charge < -0.3 is 29.9 Å². The minimum atomic E-state index is -5.01. The zero-order valence-electron chi connectivity index (χ0n) is 32.3. The number of fused-ring (bicyclic) bond motifs is 1. The van der Waals surface area contributed by atoms with E-state index in [1.54, 1.807) is 18.2 Å². The van der Waals surface area contributed by atoms with Gasteiger partial charge >= 0.3 is 7.82 Å². The highest BCUT2D eigenvalue weighted by Crippen LogP contribution is 2.53. The quantitative estimate of drug-likeness (QED) is 0.0379. The number of rotatable bonds is 27. The molecule has 1 aromatic carbocycles. The number of halogens is 1. The van der Waals surface area contributed by atoms with Gasteiger partial charge in [-0.2, -0.15) is 15.6 Å². The second-order valence-electron chi connectivity index (χ2n) is 14.1. The van der Waals surface area contributed by atoms with Crippen LogP contribution in [-0.2, 0) is 34.4 Å². The first-order valence-corrected chi connectivity index (χ1v) is 21.2. The normalized spacial score (nSPS) is 20.0. The number of nitrogens with two attached hydrogens (primary N) is 1. The smallest absolute Gasteiger partial charge is 0.390 e. The highest BCUT2D eigenvalue weighted by Gasteiger charge is 2.53. The molecule has 0 aliphatic carbocycles. The van der Waals surface area contributed by atoms with Gasteiger partial charge in [-0.3, -0.25) is 4.52 Å². The van der Waals surface area contributed by atoms with E-state index < -0.39 is 50.8 Å². The number of hydrogen-bond donors (Lipinski definition) is 3. The molecule has 1 fully saturated rings. The van der Waals surface area contributed by atoms with E-state index in [2.05, 4.69) is 29.2 Å². The second-order valence-corrected chi connectivity index (χ2v) is 15.5. The summed E-state index contributed by atoms with van der Waals surface area (Å²) >= 11 is 0. The number of benzene rings is 1. The van der Waals surface area contributed by atoms with Crippen molar-refractivity contribution >= 4 is 19.2 Å². The lowest BCUT2D eigenvalue weighted by Crippen LogP contribution is -2.31. The van der Waals surface area contributed by atoms with Crippen LogP contribution >= 0.6 is 7.82 Å². The van der Waals surface area contributed by atoms with Gasteiger partial charge in [-0.25, -0.2) is 23.0 Å². The highest BCUT2D eigenvalue weighted by molar-refractivity contribution is 7.47. The Hall–Kier alpha value is -3.76. The van der Waals surface area contributed by atoms with Crippen molar-refractivity contribution < 1.29 is 42.2 Å². The Morgan fingerprint density at radius 1 is 1.05 bits per heavy atom. The van der Waals surface area contributed by atoms with Gasteiger partial charge in [0.2, 0.25) is 0 Å². The molecule has 306 valence electrons. The number of phosphoric acid groups is 1. The molecule has 1 aliphatic rings. The number of allylic oxidation sites excluding steroid dienone is 2. The number of hydrogen-bond acceptors (Lipinski definition) is 12. The van der Waals surface area contributed by atoms with Crippen LogP contribution in [0.3, 0.4) is 0 Å². The van der Waals surface area contributed by atoms with Crippen LogP contribution in [0.2, 0.25) is 0 Å². The molecular formula is C40H56FN6O8P. The summed E-state index contributed by atoms with van der Waals surface area (Å²) in [5, 5.41) is 34.2. The van der Waals surface area contributed by atoms with E-state index in [0.29, 0.717) is 23.4 Å². The van der Waals surface area contributed by atoms with Gasteiger partial charge in [0.25, 0.3) is 5.79 Å². The van der Waals surface area contributed by atoms with Crippen molar-refractivity contribution in [3.8, 4) is 12.1 Å². The Bertz CT molecular complexity index is 1820. The molecule has 56 heavy (non-hydrogen) atoms. The molecule has 1 aliphatic heterocycles. The summed E-state index contributed by atoms with van der Waals surface area (Å²) in [6.07, 6.45) is 18.6. The van der Waals surface area contributed by atoms with E-state index in [-0.39, 0.29) is 24.6 Å². The Balaban J connectivity index is 1.22. The summed E-state index contributed by atoms with van der Waals surface area (Å²) in [6, 6.07) is 10.6. The van der Waals surface area contributed by atoms with Crippen LogP contribution < -0.4 is 5.73 Å². The van der Waals surface area contributed by atoms with Crippen molar-refractivity contribution in [1.82, 2.24) is 14.6 Å². The van der Waals surface area contributed by atoms with Gasteiger partial charge in [0.15, 0.2) is 5.82 Å². The molecule has 3 heterocycles. The Morgan fingerprint density at radius 2 is 1.75 bits per heavy atom. The van der Waals surface area contributed by atoms with E-state index in [0.717, 1.165) is 38.2 Å². The SMILES string of the molecule is CCCCCCCC/C=C/CCCCCCCCOC[C@H](COP(=O)(O)O[C@]1(C#N)C[C@@H](O)[C@H](c2ccc3c(N)ncnn23)O1)OCc1cc(F)cc(C#N)c1. The molecule has 0 amide bonds. The molecule has 0 radical (unpaired) electrons. The average molecular weight is 799 g/mol. The maximum atomic E-state index is 14.1. The van der Waals surface area contributed by atoms with Crippen LogP contribution in [0.25, 0.3) is 5.52 Å². The summed E-state index contributed by atoms with van der Waals surface area (Å²) in [6.45, 7) is 1.98. The third kappa shape index (κ3) is 14.6. The van der Waals surface area contributed by atoms with Crippen LogP contribution in [0.1, 0.15) is 126 Å². The van der Waals surface area contributed by atoms with E-state index in [9.17, 15) is 29.5 Å². The predicted molar refractivity (Wildman–Crippen MR) is 207 cm³/mol. The molecule has 4 rings (SSSR count). The fourth-order valence-corrected chi connectivity index (χ4v) is 7.46. The lowest BCUT2D eigenvalue weighted by Gasteiger charge is -2.25. The predicted octanol–water partition coefficient (Wildman–Crippen LogP) is 8.14. The highest BCUT2D eigenvalue weighted by atomic mass is 31.2. The first kappa shape index (κ1) is 44.9. The van der Waals surface area contributed by atoms with Crippen molar-refractivity contribution in [1.29, 1.82) is 10.5 Å². The van der Waals surface area contributed by atoms with E-state index in [1.165, 1.54) is 80.8 Å². The van der Waals surface area contributed by atoms with Gasteiger partial charge in [0, 0.05) is 13.0 Å². The molecule has 3 aromatic rings. The standard InChI is InChI=1S/C40H56FN6O8P/c1-2-3-4-5-6-7-8-9-10-11-12-13-14-15-16-17-20-51-27-34(52-26-32-21-31(25-42)22-33(41)23-32)28-53-56(49,50)55-40(29-43)24-37(48)38(54-40)35-18-19-36-39(44)45-30-46-47(35)36/h9-10,18-19,21-23,30,34,37-38,48H,2-8,11-17,20,24,26-28H2,1H3,(H,49,50)(H2,44,45,46)/b10-9+/t34-,37-,38+,40+/m1/s1. The summed E-state index contributed by atoms with van der Waals surface area (Å²) in [4.78, 5) is 14.6. The molecule has 0 saturated carbocycles. The number of nitrogen functional groups attached to an aromatic ring is 1. The lowest BCUT2D eigenvalue weighted by molar-refractivity contribution is -0.150. The molecular weight excluding hydrogens is 742 g/mol. The Kier molecular flexibility index (Phi) is 18.8. The molecule has 1 unspecified atom stereocenters. The van der Waals surface area contributed by atoms with E-state index in [1.807, 2.05) is 6.07 Å². The van der Waals surface area contributed by atoms with Gasteiger partial charge in [0.05, 0.1) is 43.3 Å². The maximum Gasteiger partial charge on any atom is 0.475 e. The van der Waals surface area contributed by atoms with Crippen LogP contribution in [0.15, 0.2) is 48.8 Å². The number of nitrogens with zero attached hydrogens (tertiary/aromatic N) is 5. The van der Waals surface area contributed by atoms with Crippen molar-refractivity contribution in [2.24, 2.45) is 0 Å². The number of unbranched alkanes of at least 4 members (excludes halogenated alkanes) is 12. The largest absolute Gasteiger partial charge is 0.475 e. The average Bonchev–Trinajstić information content (AvgIpc) is 3.75. The zero-order valence-corrected chi connectivity index (χ0v) is 33.2. The first-order chi connectivity index (χ1) is 27.1. The number of aromatic nitrogens is 3. The van der Waals surface area contributed by atoms with E-state index in [4.69, 9.17) is 29.0 Å². The van der Waals surface area contributed by atoms with Crippen LogP contribution in [0.4, 0.5) is 10.2 Å². The van der Waals surface area contributed by atoms with Crippen molar-refractivity contribution in [2.45, 2.75) is 134 Å². The van der Waals surface area contributed by atoms with Gasteiger partial charge in [-0.05, 0) is 68.0 Å². The minimum Gasteiger partial charge on any atom is -0.390 e. The number of anilines is 1.